The van der Waals surface area contributed by atoms with Gasteiger partial charge in [-0.25, -0.2) is 0 Å². The fraction of sp³-hybridized carbons (Fsp3) is 0.500. The third-order valence-electron chi connectivity index (χ3n) is 3.57. The number of carbonyl (C=O) groups excluding carboxylic acids is 1. The number of hydrogen-bond acceptors (Lipinski definition) is 3. The van der Waals surface area contributed by atoms with Gasteiger partial charge in [-0.3, -0.25) is 4.79 Å². The number of amides is 1. The lowest BCUT2D eigenvalue weighted by molar-refractivity contribution is 0.0999. The first kappa shape index (κ1) is 12.9. The lowest BCUT2D eigenvalue weighted by Crippen LogP contribution is -2.54. The molecule has 2 rings (SSSR count). The minimum absolute atomic E-state index is 0.360. The maximum atomic E-state index is 11.2. The molecule has 0 saturated carbocycles. The average molecular weight is 247 g/mol. The van der Waals surface area contributed by atoms with Gasteiger partial charge in [0.15, 0.2) is 0 Å². The molecule has 98 valence electrons. The molecule has 4 nitrogen and oxygen atoms in total. The highest BCUT2D eigenvalue weighted by Crippen LogP contribution is 2.22. The van der Waals surface area contributed by atoms with E-state index < -0.39 is 0 Å². The van der Waals surface area contributed by atoms with E-state index in [4.69, 9.17) is 5.73 Å². The van der Waals surface area contributed by atoms with Gasteiger partial charge in [0.05, 0.1) is 0 Å². The van der Waals surface area contributed by atoms with E-state index in [9.17, 15) is 4.79 Å². The number of hydrogen-bond donors (Lipinski definition) is 2. The lowest BCUT2D eigenvalue weighted by Gasteiger charge is -2.39. The van der Waals surface area contributed by atoms with E-state index in [1.807, 2.05) is 19.1 Å². The van der Waals surface area contributed by atoms with E-state index in [2.05, 4.69) is 30.1 Å². The van der Waals surface area contributed by atoms with Crippen molar-refractivity contribution in [3.05, 3.63) is 29.3 Å². The van der Waals surface area contributed by atoms with Crippen molar-refractivity contribution in [2.45, 2.75) is 32.9 Å². The zero-order valence-corrected chi connectivity index (χ0v) is 11.2. The minimum atomic E-state index is -0.360. The zero-order valence-electron chi connectivity index (χ0n) is 11.2. The number of piperazine rings is 1. The molecule has 1 fully saturated rings. The third kappa shape index (κ3) is 2.48. The molecule has 3 N–H and O–H groups in total. The summed E-state index contributed by atoms with van der Waals surface area (Å²) in [4.78, 5) is 13.6. The molecule has 4 heteroatoms. The van der Waals surface area contributed by atoms with Gasteiger partial charge in [0, 0.05) is 36.4 Å². The molecular weight excluding hydrogens is 226 g/mol. The maximum absolute atomic E-state index is 11.2. The van der Waals surface area contributed by atoms with Crippen molar-refractivity contribution in [3.63, 3.8) is 0 Å². The van der Waals surface area contributed by atoms with E-state index in [0.29, 0.717) is 17.6 Å². The van der Waals surface area contributed by atoms with Gasteiger partial charge in [-0.05, 0) is 44.5 Å². The standard InChI is InChI=1S/C14H21N3O/c1-9-6-12(4-5-13(9)14(15)18)17-8-10(2)16-7-11(17)3/h4-6,10-11,16H,7-8H2,1-3H3,(H2,15,18). The number of aryl methyl sites for hydroxylation is 1. The van der Waals surface area contributed by atoms with Gasteiger partial charge < -0.3 is 16.0 Å². The van der Waals surface area contributed by atoms with Gasteiger partial charge in [-0.2, -0.15) is 0 Å². The zero-order chi connectivity index (χ0) is 13.3. The number of nitrogens with zero attached hydrogens (tertiary/aromatic N) is 1. The van der Waals surface area contributed by atoms with Crippen molar-refractivity contribution in [3.8, 4) is 0 Å². The number of primary amides is 1. The molecule has 1 aromatic carbocycles. The van der Waals surface area contributed by atoms with E-state index in [0.717, 1.165) is 18.7 Å². The van der Waals surface area contributed by atoms with Crippen LogP contribution in [0, 0.1) is 6.92 Å². The van der Waals surface area contributed by atoms with Crippen molar-refractivity contribution in [2.75, 3.05) is 18.0 Å². The Labute approximate surface area is 108 Å². The van der Waals surface area contributed by atoms with Crippen LogP contribution in [0.1, 0.15) is 29.8 Å². The topological polar surface area (TPSA) is 58.4 Å². The summed E-state index contributed by atoms with van der Waals surface area (Å²) < 4.78 is 0. The predicted octanol–water partition coefficient (Wildman–Crippen LogP) is 1.28. The highest BCUT2D eigenvalue weighted by molar-refractivity contribution is 5.94. The number of rotatable bonds is 2. The Morgan fingerprint density at radius 2 is 2.17 bits per heavy atom. The van der Waals surface area contributed by atoms with E-state index >= 15 is 0 Å². The molecule has 1 aliphatic heterocycles. The fourth-order valence-corrected chi connectivity index (χ4v) is 2.48. The molecule has 0 aliphatic carbocycles. The van der Waals surface area contributed by atoms with E-state index in [1.54, 1.807) is 0 Å². The van der Waals surface area contributed by atoms with Crippen molar-refractivity contribution < 1.29 is 4.79 Å². The summed E-state index contributed by atoms with van der Waals surface area (Å²) >= 11 is 0. The number of nitrogens with one attached hydrogen (secondary N) is 1. The Hall–Kier alpha value is -1.55. The van der Waals surface area contributed by atoms with Crippen molar-refractivity contribution >= 4 is 11.6 Å². The van der Waals surface area contributed by atoms with E-state index in [-0.39, 0.29) is 5.91 Å². The van der Waals surface area contributed by atoms with Crippen LogP contribution >= 0.6 is 0 Å². The summed E-state index contributed by atoms with van der Waals surface area (Å²) in [6, 6.07) is 6.81. The van der Waals surface area contributed by atoms with Crippen molar-refractivity contribution in [1.29, 1.82) is 0 Å². The van der Waals surface area contributed by atoms with Crippen LogP contribution in [0.15, 0.2) is 18.2 Å². The average Bonchev–Trinajstić information content (AvgIpc) is 2.31. The molecule has 1 heterocycles. The van der Waals surface area contributed by atoms with Crippen LogP contribution in [0.5, 0.6) is 0 Å². The molecule has 1 amide bonds. The summed E-state index contributed by atoms with van der Waals surface area (Å²) in [5.74, 6) is -0.360. The summed E-state index contributed by atoms with van der Waals surface area (Å²) in [6.45, 7) is 8.29. The lowest BCUT2D eigenvalue weighted by atomic mass is 10.0. The highest BCUT2D eigenvalue weighted by Gasteiger charge is 2.22. The summed E-state index contributed by atoms with van der Waals surface area (Å²) in [5.41, 5.74) is 8.04. The van der Waals surface area contributed by atoms with Crippen LogP contribution < -0.4 is 16.0 Å². The smallest absolute Gasteiger partial charge is 0.248 e. The predicted molar refractivity (Wildman–Crippen MR) is 74.0 cm³/mol. The molecule has 0 bridgehead atoms. The van der Waals surface area contributed by atoms with Crippen LogP contribution in [0.3, 0.4) is 0 Å². The normalized spacial score (nSPS) is 24.1. The largest absolute Gasteiger partial charge is 0.366 e. The first-order valence-corrected chi connectivity index (χ1v) is 6.39. The van der Waals surface area contributed by atoms with E-state index in [1.165, 1.54) is 5.69 Å². The molecule has 18 heavy (non-hydrogen) atoms. The van der Waals surface area contributed by atoms with Gasteiger partial charge in [0.25, 0.3) is 0 Å². The number of benzene rings is 1. The van der Waals surface area contributed by atoms with Gasteiger partial charge >= 0.3 is 0 Å². The second-order valence-electron chi connectivity index (χ2n) is 5.17. The molecule has 0 spiro atoms. The van der Waals surface area contributed by atoms with Gasteiger partial charge in [0.1, 0.15) is 0 Å². The Bertz CT molecular complexity index is 458. The molecule has 1 aliphatic rings. The Balaban J connectivity index is 2.28. The number of carbonyl (C=O) groups is 1. The van der Waals surface area contributed by atoms with Gasteiger partial charge in [-0.15, -0.1) is 0 Å². The molecule has 2 atom stereocenters. The summed E-state index contributed by atoms with van der Waals surface area (Å²) in [6.07, 6.45) is 0. The number of nitrogens with two attached hydrogens (primary N) is 1. The Morgan fingerprint density at radius 1 is 1.44 bits per heavy atom. The van der Waals surface area contributed by atoms with Crippen molar-refractivity contribution in [1.82, 2.24) is 5.32 Å². The van der Waals surface area contributed by atoms with Gasteiger partial charge in [-0.1, -0.05) is 0 Å². The van der Waals surface area contributed by atoms with Crippen molar-refractivity contribution in [2.24, 2.45) is 5.73 Å². The Kier molecular flexibility index (Phi) is 3.57. The second-order valence-corrected chi connectivity index (χ2v) is 5.17. The molecule has 2 unspecified atom stereocenters. The minimum Gasteiger partial charge on any atom is -0.366 e. The molecule has 1 aromatic rings. The molecule has 0 aromatic heterocycles. The fourth-order valence-electron chi connectivity index (χ4n) is 2.48. The van der Waals surface area contributed by atoms with Crippen LogP contribution in [0.2, 0.25) is 0 Å². The molecule has 1 saturated heterocycles. The van der Waals surface area contributed by atoms with Crippen LogP contribution in [0.4, 0.5) is 5.69 Å². The number of anilines is 1. The first-order valence-electron chi connectivity index (χ1n) is 6.39. The quantitative estimate of drug-likeness (QED) is 0.827. The first-order chi connectivity index (χ1) is 8.49. The summed E-state index contributed by atoms with van der Waals surface area (Å²) in [7, 11) is 0. The highest BCUT2D eigenvalue weighted by atomic mass is 16.1. The SMILES string of the molecule is Cc1cc(N2CC(C)NCC2C)ccc1C(N)=O. The van der Waals surface area contributed by atoms with Gasteiger partial charge in [0.2, 0.25) is 5.91 Å². The Morgan fingerprint density at radius 3 is 2.78 bits per heavy atom. The molecular formula is C14H21N3O. The molecule has 0 radical (unpaired) electrons. The van der Waals surface area contributed by atoms with Crippen LogP contribution in [-0.4, -0.2) is 31.1 Å². The van der Waals surface area contributed by atoms with Crippen LogP contribution in [-0.2, 0) is 0 Å². The van der Waals surface area contributed by atoms with Crippen LogP contribution in [0.25, 0.3) is 0 Å². The maximum Gasteiger partial charge on any atom is 0.248 e. The monoisotopic (exact) mass is 247 g/mol. The second kappa shape index (κ2) is 4.98. The summed E-state index contributed by atoms with van der Waals surface area (Å²) in [5, 5.41) is 3.46. The third-order valence-corrected chi connectivity index (χ3v) is 3.57.